The van der Waals surface area contributed by atoms with E-state index in [9.17, 15) is 4.39 Å². The van der Waals surface area contributed by atoms with Gasteiger partial charge in [0.2, 0.25) is 0 Å². The van der Waals surface area contributed by atoms with Crippen LogP contribution < -0.4 is 10.1 Å². The van der Waals surface area contributed by atoms with E-state index in [0.717, 1.165) is 18.5 Å². The molecule has 0 amide bonds. The summed E-state index contributed by atoms with van der Waals surface area (Å²) in [5.74, 6) is 0.364. The molecule has 1 atom stereocenters. The Hall–Kier alpha value is -1.09. The van der Waals surface area contributed by atoms with Crippen LogP contribution in [-0.4, -0.2) is 18.2 Å². The average molecular weight is 253 g/mol. The highest BCUT2D eigenvalue weighted by atomic mass is 19.1. The van der Waals surface area contributed by atoms with E-state index in [1.54, 1.807) is 6.07 Å². The van der Waals surface area contributed by atoms with Crippen LogP contribution in [0.25, 0.3) is 0 Å². The number of benzene rings is 1. The molecule has 1 aromatic rings. The summed E-state index contributed by atoms with van der Waals surface area (Å²) in [4.78, 5) is 0. The van der Waals surface area contributed by atoms with E-state index < -0.39 is 0 Å². The molecule has 0 aliphatic carbocycles. The number of ether oxygens (including phenoxy) is 1. The SMILES string of the molecule is CCC(C)(C)NCC(C)Oc1cc(F)ccc1C. The topological polar surface area (TPSA) is 21.3 Å². The van der Waals surface area contributed by atoms with Gasteiger partial charge in [0.15, 0.2) is 0 Å². The molecule has 2 nitrogen and oxygen atoms in total. The summed E-state index contributed by atoms with van der Waals surface area (Å²) < 4.78 is 18.9. The van der Waals surface area contributed by atoms with Crippen LogP contribution in [0.5, 0.6) is 5.75 Å². The highest BCUT2D eigenvalue weighted by Crippen LogP contribution is 2.20. The molecule has 1 N–H and O–H groups in total. The minimum atomic E-state index is -0.260. The second kappa shape index (κ2) is 6.19. The number of nitrogens with one attached hydrogen (secondary N) is 1. The lowest BCUT2D eigenvalue weighted by atomic mass is 10.0. The Morgan fingerprint density at radius 1 is 1.39 bits per heavy atom. The molecule has 0 saturated carbocycles. The lowest BCUT2D eigenvalue weighted by Crippen LogP contribution is -2.43. The van der Waals surface area contributed by atoms with Crippen LogP contribution in [0.15, 0.2) is 18.2 Å². The standard InChI is InChI=1S/C15H24FNO/c1-6-15(4,5)17-10-12(3)18-14-9-13(16)8-7-11(14)2/h7-9,12,17H,6,10H2,1-5H3. The molecule has 1 unspecified atom stereocenters. The van der Waals surface area contributed by atoms with Crippen molar-refractivity contribution in [3.63, 3.8) is 0 Å². The smallest absolute Gasteiger partial charge is 0.126 e. The first-order valence-electron chi connectivity index (χ1n) is 6.52. The van der Waals surface area contributed by atoms with Crippen LogP contribution in [0.1, 0.15) is 39.7 Å². The second-order valence-corrected chi connectivity index (χ2v) is 5.46. The molecule has 3 heteroatoms. The molecule has 0 aromatic heterocycles. The Labute approximate surface area is 110 Å². The number of aryl methyl sites for hydroxylation is 1. The van der Waals surface area contributed by atoms with Gasteiger partial charge < -0.3 is 10.1 Å². The van der Waals surface area contributed by atoms with Gasteiger partial charge >= 0.3 is 0 Å². The summed E-state index contributed by atoms with van der Waals surface area (Å²) in [5.41, 5.74) is 1.06. The van der Waals surface area contributed by atoms with Gasteiger partial charge in [-0.2, -0.15) is 0 Å². The van der Waals surface area contributed by atoms with Crippen LogP contribution in [0.4, 0.5) is 4.39 Å². The van der Waals surface area contributed by atoms with Gasteiger partial charge in [-0.05, 0) is 45.7 Å². The maximum absolute atomic E-state index is 13.1. The van der Waals surface area contributed by atoms with Gasteiger partial charge in [-0.15, -0.1) is 0 Å². The Balaban J connectivity index is 2.54. The third kappa shape index (κ3) is 4.65. The predicted molar refractivity (Wildman–Crippen MR) is 73.6 cm³/mol. The summed E-state index contributed by atoms with van der Waals surface area (Å²) in [6, 6.07) is 4.63. The van der Waals surface area contributed by atoms with Gasteiger partial charge in [-0.1, -0.05) is 13.0 Å². The fourth-order valence-electron chi connectivity index (χ4n) is 1.50. The molecule has 1 rings (SSSR count). The first-order chi connectivity index (χ1) is 8.34. The van der Waals surface area contributed by atoms with E-state index in [2.05, 4.69) is 26.1 Å². The predicted octanol–water partition coefficient (Wildman–Crippen LogP) is 3.68. The highest BCUT2D eigenvalue weighted by Gasteiger charge is 2.16. The zero-order chi connectivity index (χ0) is 13.8. The molecule has 0 heterocycles. The van der Waals surface area contributed by atoms with Crippen molar-refractivity contribution in [2.24, 2.45) is 0 Å². The minimum Gasteiger partial charge on any atom is -0.489 e. The third-order valence-corrected chi connectivity index (χ3v) is 3.23. The maximum atomic E-state index is 13.1. The van der Waals surface area contributed by atoms with E-state index in [1.165, 1.54) is 12.1 Å². The third-order valence-electron chi connectivity index (χ3n) is 3.23. The van der Waals surface area contributed by atoms with E-state index in [4.69, 9.17) is 4.74 Å². The van der Waals surface area contributed by atoms with Crippen molar-refractivity contribution in [1.29, 1.82) is 0 Å². The van der Waals surface area contributed by atoms with Gasteiger partial charge in [0.25, 0.3) is 0 Å². The molecule has 0 fully saturated rings. The van der Waals surface area contributed by atoms with Crippen LogP contribution in [0.2, 0.25) is 0 Å². The van der Waals surface area contributed by atoms with E-state index in [0.29, 0.717) is 5.75 Å². The molecule has 0 aliphatic heterocycles. The number of rotatable bonds is 6. The molecule has 1 aromatic carbocycles. The monoisotopic (exact) mass is 253 g/mol. The van der Waals surface area contributed by atoms with E-state index >= 15 is 0 Å². The van der Waals surface area contributed by atoms with Crippen molar-refractivity contribution in [2.45, 2.75) is 52.7 Å². The van der Waals surface area contributed by atoms with Crippen molar-refractivity contribution < 1.29 is 9.13 Å². The van der Waals surface area contributed by atoms with Crippen molar-refractivity contribution in [2.75, 3.05) is 6.54 Å². The van der Waals surface area contributed by atoms with Gasteiger partial charge in [0.05, 0.1) is 0 Å². The lowest BCUT2D eigenvalue weighted by molar-refractivity contribution is 0.197. The number of halogens is 1. The summed E-state index contributed by atoms with van der Waals surface area (Å²) >= 11 is 0. The van der Waals surface area contributed by atoms with Crippen LogP contribution >= 0.6 is 0 Å². The fraction of sp³-hybridized carbons (Fsp3) is 0.600. The highest BCUT2D eigenvalue weighted by molar-refractivity contribution is 5.32. The van der Waals surface area contributed by atoms with Crippen molar-refractivity contribution >= 4 is 0 Å². The summed E-state index contributed by atoms with van der Waals surface area (Å²) in [5, 5.41) is 3.44. The number of hydrogen-bond acceptors (Lipinski definition) is 2. The van der Waals surface area contributed by atoms with E-state index in [-0.39, 0.29) is 17.5 Å². The Morgan fingerprint density at radius 2 is 2.06 bits per heavy atom. The Bertz CT molecular complexity index is 390. The zero-order valence-electron chi connectivity index (χ0n) is 12.0. The summed E-state index contributed by atoms with van der Waals surface area (Å²) in [6.07, 6.45) is 1.06. The van der Waals surface area contributed by atoms with Gasteiger partial charge in [-0.3, -0.25) is 0 Å². The quantitative estimate of drug-likeness (QED) is 0.835. The molecule has 0 radical (unpaired) electrons. The van der Waals surface area contributed by atoms with E-state index in [1.807, 2.05) is 13.8 Å². The maximum Gasteiger partial charge on any atom is 0.126 e. The average Bonchev–Trinajstić information content (AvgIpc) is 2.31. The molecule has 0 saturated heterocycles. The van der Waals surface area contributed by atoms with Crippen LogP contribution in [0, 0.1) is 12.7 Å². The summed E-state index contributed by atoms with van der Waals surface area (Å²) in [6.45, 7) is 11.1. The molecular weight excluding hydrogens is 229 g/mol. The van der Waals surface area contributed by atoms with Crippen molar-refractivity contribution in [3.05, 3.63) is 29.6 Å². The molecule has 102 valence electrons. The number of hydrogen-bond donors (Lipinski definition) is 1. The first-order valence-corrected chi connectivity index (χ1v) is 6.52. The largest absolute Gasteiger partial charge is 0.489 e. The summed E-state index contributed by atoms with van der Waals surface area (Å²) in [7, 11) is 0. The van der Waals surface area contributed by atoms with Gasteiger partial charge in [0, 0.05) is 18.2 Å². The van der Waals surface area contributed by atoms with Crippen LogP contribution in [0.3, 0.4) is 0 Å². The molecule has 0 bridgehead atoms. The zero-order valence-corrected chi connectivity index (χ0v) is 12.0. The minimum absolute atomic E-state index is 0.0105. The molecule has 0 aliphatic rings. The van der Waals surface area contributed by atoms with Crippen LogP contribution in [-0.2, 0) is 0 Å². The second-order valence-electron chi connectivity index (χ2n) is 5.46. The van der Waals surface area contributed by atoms with Gasteiger partial charge in [-0.25, -0.2) is 4.39 Å². The van der Waals surface area contributed by atoms with Crippen molar-refractivity contribution in [1.82, 2.24) is 5.32 Å². The fourth-order valence-corrected chi connectivity index (χ4v) is 1.50. The molecule has 18 heavy (non-hydrogen) atoms. The Morgan fingerprint density at radius 3 is 2.67 bits per heavy atom. The van der Waals surface area contributed by atoms with Crippen molar-refractivity contribution in [3.8, 4) is 5.75 Å². The normalized spacial score (nSPS) is 13.4. The molecule has 0 spiro atoms. The first kappa shape index (κ1) is 15.0. The van der Waals surface area contributed by atoms with Gasteiger partial charge in [0.1, 0.15) is 17.7 Å². The Kier molecular flexibility index (Phi) is 5.15. The molecular formula is C15H24FNO. The lowest BCUT2D eigenvalue weighted by Gasteiger charge is -2.27.